The summed E-state index contributed by atoms with van der Waals surface area (Å²) in [4.78, 5) is 10.3. The molecule has 15 heavy (non-hydrogen) atoms. The molecule has 0 spiro atoms. The van der Waals surface area contributed by atoms with E-state index in [1.807, 2.05) is 0 Å². The van der Waals surface area contributed by atoms with Gasteiger partial charge in [0.2, 0.25) is 0 Å². The standard InChI is InChI=1S/C8H9NO2.K.O2S/c1-9-7-4-2-3-6(5-7)8(10)11;;1-3-2/h2-5,9H,1H3,(H,10,11);;/q;+1;/p-1. The number of hydrogen-bond acceptors (Lipinski definition) is 5. The van der Waals surface area contributed by atoms with Crippen LogP contribution in [0.1, 0.15) is 10.4 Å². The fourth-order valence-corrected chi connectivity index (χ4v) is 0.802. The van der Waals surface area contributed by atoms with Gasteiger partial charge in [0.15, 0.2) is 0 Å². The van der Waals surface area contributed by atoms with E-state index in [4.69, 9.17) is 8.42 Å². The molecule has 0 heterocycles. The molecule has 0 aliphatic rings. The van der Waals surface area contributed by atoms with Crippen LogP contribution in [0.3, 0.4) is 0 Å². The third-order valence-electron chi connectivity index (χ3n) is 1.39. The number of benzene rings is 1. The average molecular weight is 253 g/mol. The first-order valence-electron chi connectivity index (χ1n) is 3.56. The summed E-state index contributed by atoms with van der Waals surface area (Å²) in [6.07, 6.45) is 0. The van der Waals surface area contributed by atoms with Crippen LogP contribution >= 0.6 is 0 Å². The van der Waals surface area contributed by atoms with Crippen molar-refractivity contribution in [3.8, 4) is 0 Å². The second-order valence-electron chi connectivity index (χ2n) is 2.19. The van der Waals surface area contributed by atoms with Gasteiger partial charge in [-0.2, -0.15) is 8.42 Å². The monoisotopic (exact) mass is 253 g/mol. The number of carbonyl (C=O) groups excluding carboxylic acids is 1. The quantitative estimate of drug-likeness (QED) is 0.551. The summed E-state index contributed by atoms with van der Waals surface area (Å²) < 4.78 is 16.6. The van der Waals surface area contributed by atoms with Gasteiger partial charge in [-0.25, -0.2) is 0 Å². The van der Waals surface area contributed by atoms with E-state index in [-0.39, 0.29) is 56.9 Å². The Bertz CT molecular complexity index is 352. The zero-order valence-corrected chi connectivity index (χ0v) is 12.3. The predicted octanol–water partition coefficient (Wildman–Crippen LogP) is -3.57. The van der Waals surface area contributed by atoms with Crippen LogP contribution in [0.5, 0.6) is 0 Å². The van der Waals surface area contributed by atoms with Crippen molar-refractivity contribution in [3.63, 3.8) is 0 Å². The number of anilines is 1. The first-order valence-corrected chi connectivity index (χ1v) is 4.23. The Labute approximate surface area is 133 Å². The maximum absolute atomic E-state index is 10.3. The Kier molecular flexibility index (Phi) is 12.1. The molecule has 76 valence electrons. The molecule has 0 atom stereocenters. The molecule has 7 heteroatoms. The van der Waals surface area contributed by atoms with Gasteiger partial charge in [0.05, 0.1) is 5.97 Å². The minimum absolute atomic E-state index is 0. The largest absolute Gasteiger partial charge is 1.00 e. The van der Waals surface area contributed by atoms with E-state index in [0.717, 1.165) is 5.69 Å². The normalized spacial score (nSPS) is 7.53. The van der Waals surface area contributed by atoms with Gasteiger partial charge in [-0.1, -0.05) is 12.1 Å². The maximum Gasteiger partial charge on any atom is 1.00 e. The van der Waals surface area contributed by atoms with Crippen LogP contribution in [0.25, 0.3) is 0 Å². The third-order valence-corrected chi connectivity index (χ3v) is 1.39. The van der Waals surface area contributed by atoms with Gasteiger partial charge in [-0.3, -0.25) is 0 Å². The van der Waals surface area contributed by atoms with Crippen LogP contribution in [0, 0.1) is 0 Å². The number of carbonyl (C=O) groups is 1. The van der Waals surface area contributed by atoms with Crippen LogP contribution < -0.4 is 61.8 Å². The average Bonchev–Trinajstić information content (AvgIpc) is 2.19. The Morgan fingerprint density at radius 1 is 1.40 bits per heavy atom. The number of nitrogens with one attached hydrogen (secondary N) is 1. The van der Waals surface area contributed by atoms with Crippen molar-refractivity contribution in [1.29, 1.82) is 0 Å². The van der Waals surface area contributed by atoms with Crippen LogP contribution in [0.4, 0.5) is 5.69 Å². The third kappa shape index (κ3) is 7.83. The molecule has 0 fully saturated rings. The molecule has 0 saturated carbocycles. The summed E-state index contributed by atoms with van der Waals surface area (Å²) in [6, 6.07) is 6.47. The van der Waals surface area contributed by atoms with Crippen molar-refractivity contribution in [1.82, 2.24) is 0 Å². The summed E-state index contributed by atoms with van der Waals surface area (Å²) >= 11 is -0.750. The summed E-state index contributed by atoms with van der Waals surface area (Å²) in [7, 11) is 1.73. The minimum Gasteiger partial charge on any atom is -0.545 e. The number of aromatic carboxylic acids is 1. The topological polar surface area (TPSA) is 86.3 Å². The molecule has 0 bridgehead atoms. The summed E-state index contributed by atoms with van der Waals surface area (Å²) in [5, 5.41) is 13.2. The molecule has 1 N–H and O–H groups in total. The molecule has 0 aromatic heterocycles. The van der Waals surface area contributed by atoms with Crippen molar-refractivity contribution in [3.05, 3.63) is 29.8 Å². The molecule has 5 nitrogen and oxygen atoms in total. The first kappa shape index (κ1) is 17.3. The SMILES string of the molecule is CNc1cccc(C(=O)[O-])c1.O=S=O.[K+]. The van der Waals surface area contributed by atoms with Gasteiger partial charge in [0, 0.05) is 12.7 Å². The fraction of sp³-hybridized carbons (Fsp3) is 0.125. The van der Waals surface area contributed by atoms with E-state index in [9.17, 15) is 9.90 Å². The molecule has 0 aliphatic carbocycles. The Hall–Kier alpha value is -0.0536. The molecule has 0 aliphatic heterocycles. The number of hydrogen-bond donors (Lipinski definition) is 1. The van der Waals surface area contributed by atoms with Crippen LogP contribution in [0.2, 0.25) is 0 Å². The summed E-state index contributed by atoms with van der Waals surface area (Å²) in [5.74, 6) is -1.15. The van der Waals surface area contributed by atoms with Gasteiger partial charge < -0.3 is 15.2 Å². The Balaban J connectivity index is 0. The second-order valence-corrected chi connectivity index (χ2v) is 2.32. The summed E-state index contributed by atoms with van der Waals surface area (Å²) in [6.45, 7) is 0. The van der Waals surface area contributed by atoms with Crippen molar-refractivity contribution < 1.29 is 69.7 Å². The van der Waals surface area contributed by atoms with E-state index < -0.39 is 17.5 Å². The molecule has 1 rings (SSSR count). The van der Waals surface area contributed by atoms with Gasteiger partial charge in [-0.05, 0) is 17.7 Å². The Morgan fingerprint density at radius 2 is 1.93 bits per heavy atom. The van der Waals surface area contributed by atoms with Gasteiger partial charge in [-0.15, -0.1) is 0 Å². The number of carboxylic acid groups (broad SMARTS) is 1. The van der Waals surface area contributed by atoms with Crippen molar-refractivity contribution in [2.75, 3.05) is 12.4 Å². The van der Waals surface area contributed by atoms with Crippen LogP contribution in [-0.2, 0) is 11.6 Å². The van der Waals surface area contributed by atoms with Crippen LogP contribution in [0.15, 0.2) is 24.3 Å². The zero-order chi connectivity index (χ0) is 11.0. The van der Waals surface area contributed by atoms with Crippen molar-refractivity contribution in [2.45, 2.75) is 0 Å². The van der Waals surface area contributed by atoms with Crippen molar-refractivity contribution >= 4 is 23.2 Å². The van der Waals surface area contributed by atoms with E-state index in [2.05, 4.69) is 5.32 Å². The van der Waals surface area contributed by atoms with E-state index in [1.165, 1.54) is 12.1 Å². The molecule has 0 amide bonds. The van der Waals surface area contributed by atoms with E-state index in [1.54, 1.807) is 19.2 Å². The minimum atomic E-state index is -1.15. The van der Waals surface area contributed by atoms with Gasteiger partial charge in [0.25, 0.3) is 0 Å². The van der Waals surface area contributed by atoms with Crippen LogP contribution in [-0.4, -0.2) is 21.4 Å². The molecule has 1 aromatic carbocycles. The Morgan fingerprint density at radius 3 is 2.33 bits per heavy atom. The van der Waals surface area contributed by atoms with Gasteiger partial charge in [0.1, 0.15) is 0 Å². The van der Waals surface area contributed by atoms with E-state index in [0.29, 0.717) is 0 Å². The summed E-state index contributed by atoms with van der Waals surface area (Å²) in [5.41, 5.74) is 0.962. The molecular weight excluding hydrogens is 245 g/mol. The van der Waals surface area contributed by atoms with Crippen molar-refractivity contribution in [2.24, 2.45) is 0 Å². The zero-order valence-electron chi connectivity index (χ0n) is 8.35. The molecule has 0 saturated heterocycles. The predicted molar refractivity (Wildman–Crippen MR) is 49.2 cm³/mol. The number of carboxylic acids is 1. The molecule has 0 radical (unpaired) electrons. The van der Waals surface area contributed by atoms with Gasteiger partial charge >= 0.3 is 63.0 Å². The molecule has 1 aromatic rings. The maximum atomic E-state index is 10.3. The molecular formula is C8H8KNO4S. The smallest absolute Gasteiger partial charge is 0.545 e. The second kappa shape index (κ2) is 10.5. The van der Waals surface area contributed by atoms with E-state index >= 15 is 0 Å². The first-order chi connectivity index (χ1) is 6.65. The molecule has 0 unspecified atom stereocenters. The number of rotatable bonds is 2. The fourth-order valence-electron chi connectivity index (χ4n) is 0.802.